The van der Waals surface area contributed by atoms with Crippen molar-refractivity contribution in [2.24, 2.45) is 0 Å². The van der Waals surface area contributed by atoms with Crippen molar-refractivity contribution >= 4 is 96.8 Å². The van der Waals surface area contributed by atoms with Crippen LogP contribution in [-0.2, 0) is 0 Å². The lowest BCUT2D eigenvalue weighted by Gasteiger charge is -2.10. The highest BCUT2D eigenvalue weighted by molar-refractivity contribution is 7.27. The molecule has 3 heteroatoms. The zero-order valence-corrected chi connectivity index (χ0v) is 22.7. The first kappa shape index (κ1) is 21.7. The highest BCUT2D eigenvalue weighted by atomic mass is 32.1. The Morgan fingerprint density at radius 2 is 1.15 bits per heavy atom. The molecule has 0 aliphatic rings. The van der Waals surface area contributed by atoms with E-state index in [1.54, 1.807) is 0 Å². The highest BCUT2D eigenvalue weighted by Gasteiger charge is 2.22. The summed E-state index contributed by atoms with van der Waals surface area (Å²) in [5.41, 5.74) is 5.48. The molecule has 0 bridgehead atoms. The molecule has 0 spiro atoms. The van der Waals surface area contributed by atoms with Gasteiger partial charge in [-0.05, 0) is 64.0 Å². The van der Waals surface area contributed by atoms with Gasteiger partial charge < -0.3 is 8.98 Å². The van der Waals surface area contributed by atoms with Crippen LogP contribution in [0.15, 0.2) is 132 Å². The molecule has 10 aromatic rings. The number of hydrogen-bond acceptors (Lipinski definition) is 2. The number of rotatable bonds is 1. The average Bonchev–Trinajstić information content (AvgIpc) is 3.69. The van der Waals surface area contributed by atoms with Crippen molar-refractivity contribution in [2.45, 2.75) is 0 Å². The van der Waals surface area contributed by atoms with Gasteiger partial charge in [-0.1, -0.05) is 84.9 Å². The van der Waals surface area contributed by atoms with Gasteiger partial charge in [-0.15, -0.1) is 11.3 Å². The lowest BCUT2D eigenvalue weighted by Crippen LogP contribution is -1.94. The number of nitrogens with zero attached hydrogens (tertiary/aromatic N) is 1. The molecule has 41 heavy (non-hydrogen) atoms. The second-order valence-electron chi connectivity index (χ2n) is 10.9. The molecule has 0 saturated carbocycles. The van der Waals surface area contributed by atoms with Crippen molar-refractivity contribution in [1.82, 2.24) is 4.57 Å². The van der Waals surface area contributed by atoms with Crippen LogP contribution < -0.4 is 0 Å². The average molecular weight is 540 g/mol. The highest BCUT2D eigenvalue weighted by Crippen LogP contribution is 2.48. The first-order valence-electron chi connectivity index (χ1n) is 13.9. The Morgan fingerprint density at radius 1 is 0.488 bits per heavy atom. The van der Waals surface area contributed by atoms with Crippen LogP contribution in [0, 0.1) is 0 Å². The predicted molar refractivity (Wildman–Crippen MR) is 176 cm³/mol. The van der Waals surface area contributed by atoms with Crippen LogP contribution in [0.25, 0.3) is 91.1 Å². The van der Waals surface area contributed by atoms with Crippen LogP contribution in [-0.4, -0.2) is 4.57 Å². The summed E-state index contributed by atoms with van der Waals surface area (Å²) in [5.74, 6) is 0. The second kappa shape index (κ2) is 7.75. The summed E-state index contributed by atoms with van der Waals surface area (Å²) >= 11 is 1.90. The minimum atomic E-state index is 0.914. The van der Waals surface area contributed by atoms with Gasteiger partial charge in [0, 0.05) is 42.7 Å². The van der Waals surface area contributed by atoms with Crippen LogP contribution in [0.1, 0.15) is 0 Å². The normalized spacial score (nSPS) is 12.4. The molecule has 0 amide bonds. The molecule has 10 rings (SSSR count). The number of furan rings is 1. The molecular formula is C38H21NOS. The number of benzene rings is 7. The number of thiophene rings is 1. The van der Waals surface area contributed by atoms with Crippen LogP contribution in [0.3, 0.4) is 0 Å². The van der Waals surface area contributed by atoms with E-state index in [1.807, 2.05) is 11.3 Å². The van der Waals surface area contributed by atoms with Crippen molar-refractivity contribution in [3.8, 4) is 5.69 Å². The Labute approximate surface area is 238 Å². The fraction of sp³-hybridized carbons (Fsp3) is 0. The summed E-state index contributed by atoms with van der Waals surface area (Å²) in [6.45, 7) is 0. The fourth-order valence-corrected chi connectivity index (χ4v) is 8.24. The van der Waals surface area contributed by atoms with E-state index in [0.717, 1.165) is 27.6 Å². The molecule has 0 radical (unpaired) electrons. The van der Waals surface area contributed by atoms with Crippen molar-refractivity contribution in [2.75, 3.05) is 0 Å². The molecule has 0 N–H and O–H groups in total. The molecule has 3 aromatic heterocycles. The first-order chi connectivity index (χ1) is 20.3. The van der Waals surface area contributed by atoms with Gasteiger partial charge in [0.25, 0.3) is 0 Å². The van der Waals surface area contributed by atoms with E-state index in [4.69, 9.17) is 4.42 Å². The van der Waals surface area contributed by atoms with Crippen molar-refractivity contribution in [3.63, 3.8) is 0 Å². The zero-order valence-electron chi connectivity index (χ0n) is 21.9. The van der Waals surface area contributed by atoms with Gasteiger partial charge in [0.05, 0.1) is 15.7 Å². The van der Waals surface area contributed by atoms with Crippen molar-refractivity contribution in [3.05, 3.63) is 127 Å². The fourth-order valence-electron chi connectivity index (χ4n) is 6.98. The summed E-state index contributed by atoms with van der Waals surface area (Å²) in [6, 6.07) is 46.2. The lowest BCUT2D eigenvalue weighted by atomic mass is 9.99. The summed E-state index contributed by atoms with van der Waals surface area (Å²) in [5, 5.41) is 12.6. The molecule has 2 nitrogen and oxygen atoms in total. The Balaban J connectivity index is 1.41. The lowest BCUT2D eigenvalue weighted by molar-refractivity contribution is 0.669. The molecule has 0 unspecified atom stereocenters. The van der Waals surface area contributed by atoms with E-state index < -0.39 is 0 Å². The van der Waals surface area contributed by atoms with Gasteiger partial charge in [0.2, 0.25) is 0 Å². The Bertz CT molecular complexity index is 2700. The number of aromatic nitrogens is 1. The van der Waals surface area contributed by atoms with Crippen molar-refractivity contribution in [1.29, 1.82) is 0 Å². The van der Waals surface area contributed by atoms with E-state index >= 15 is 0 Å². The number of hydrogen-bond donors (Lipinski definition) is 0. The van der Waals surface area contributed by atoms with Gasteiger partial charge in [-0.2, -0.15) is 0 Å². The molecule has 0 atom stereocenters. The molecule has 0 fully saturated rings. The SMILES string of the molecule is c1ccc2cc3c(cc2c1)oc1ccc(-n2c4ccccc4c4c5ccccc5c5c6ccccc6sc5c42)cc13. The van der Waals surface area contributed by atoms with E-state index in [1.165, 1.54) is 63.5 Å². The summed E-state index contributed by atoms with van der Waals surface area (Å²) < 4.78 is 11.5. The van der Waals surface area contributed by atoms with Gasteiger partial charge >= 0.3 is 0 Å². The third-order valence-electron chi connectivity index (χ3n) is 8.73. The third kappa shape index (κ3) is 2.81. The Kier molecular flexibility index (Phi) is 4.10. The van der Waals surface area contributed by atoms with E-state index in [2.05, 4.69) is 132 Å². The van der Waals surface area contributed by atoms with E-state index in [0.29, 0.717) is 0 Å². The predicted octanol–water partition coefficient (Wildman–Crippen LogP) is 11.4. The molecule has 0 aliphatic carbocycles. The van der Waals surface area contributed by atoms with Gasteiger partial charge in [-0.3, -0.25) is 0 Å². The molecule has 0 saturated heterocycles. The maximum atomic E-state index is 6.37. The summed E-state index contributed by atoms with van der Waals surface area (Å²) in [6.07, 6.45) is 0. The standard InChI is InChI=1S/C38H21NOS/c1-2-10-23-20-33-29(19-22(23)9-1)30-21-24(17-18-32(30)40-33)39-31-15-7-5-13-27(31)35-25-11-3-4-12-26(25)36-28-14-6-8-16-34(28)41-38(36)37(35)39/h1-21H. The Morgan fingerprint density at radius 3 is 2.00 bits per heavy atom. The first-order valence-corrected chi connectivity index (χ1v) is 14.8. The summed E-state index contributed by atoms with van der Waals surface area (Å²) in [4.78, 5) is 0. The summed E-state index contributed by atoms with van der Waals surface area (Å²) in [7, 11) is 0. The largest absolute Gasteiger partial charge is 0.456 e. The molecule has 190 valence electrons. The zero-order chi connectivity index (χ0) is 26.7. The third-order valence-corrected chi connectivity index (χ3v) is 9.91. The molecular weight excluding hydrogens is 518 g/mol. The minimum absolute atomic E-state index is 0.914. The molecule has 7 aromatic carbocycles. The molecule has 0 aliphatic heterocycles. The van der Waals surface area contributed by atoms with Crippen LogP contribution in [0.2, 0.25) is 0 Å². The van der Waals surface area contributed by atoms with Crippen LogP contribution in [0.4, 0.5) is 0 Å². The monoisotopic (exact) mass is 539 g/mol. The van der Waals surface area contributed by atoms with E-state index in [9.17, 15) is 0 Å². The van der Waals surface area contributed by atoms with E-state index in [-0.39, 0.29) is 0 Å². The number of fused-ring (bicyclic) bond motifs is 14. The van der Waals surface area contributed by atoms with Crippen LogP contribution >= 0.6 is 11.3 Å². The number of para-hydroxylation sites is 1. The Hall–Kier alpha value is -5.12. The van der Waals surface area contributed by atoms with Gasteiger partial charge in [-0.25, -0.2) is 0 Å². The van der Waals surface area contributed by atoms with Crippen molar-refractivity contribution < 1.29 is 4.42 Å². The topological polar surface area (TPSA) is 18.1 Å². The maximum Gasteiger partial charge on any atom is 0.136 e. The quantitative estimate of drug-likeness (QED) is 0.203. The van der Waals surface area contributed by atoms with Gasteiger partial charge in [0.15, 0.2) is 0 Å². The van der Waals surface area contributed by atoms with Crippen LogP contribution in [0.5, 0.6) is 0 Å². The minimum Gasteiger partial charge on any atom is -0.456 e. The maximum absolute atomic E-state index is 6.37. The molecule has 3 heterocycles. The second-order valence-corrected chi connectivity index (χ2v) is 12.0. The van der Waals surface area contributed by atoms with Gasteiger partial charge in [0.1, 0.15) is 11.2 Å². The smallest absolute Gasteiger partial charge is 0.136 e.